The quantitative estimate of drug-likeness (QED) is 0.827. The van der Waals surface area contributed by atoms with E-state index in [0.29, 0.717) is 13.0 Å². The van der Waals surface area contributed by atoms with Gasteiger partial charge in [0.15, 0.2) is 0 Å². The van der Waals surface area contributed by atoms with Crippen LogP contribution in [0, 0.1) is 0 Å². The molecule has 1 aromatic carbocycles. The van der Waals surface area contributed by atoms with Crippen molar-refractivity contribution < 1.29 is 19.1 Å². The molecule has 0 aromatic heterocycles. The molecule has 0 bridgehead atoms. The third-order valence-electron chi connectivity index (χ3n) is 4.07. The number of hydrogen-bond acceptors (Lipinski definition) is 4. The van der Waals surface area contributed by atoms with Crippen molar-refractivity contribution in [3.05, 3.63) is 35.9 Å². The molecular weight excluding hydrogens is 296 g/mol. The van der Waals surface area contributed by atoms with Crippen LogP contribution in [-0.4, -0.2) is 49.6 Å². The standard InChI is InChI=1S/C17H22N2O4/c1-11(12-5-4-6-13(8-12)22-2)7-16(20)19-10-14(23-3)9-15(19)17(18)21/h4-8,14-15H,9-10H2,1-3H3,(H2,18,21)/b11-7+/t14-,15-/m0/s1. The van der Waals surface area contributed by atoms with Gasteiger partial charge in [-0.1, -0.05) is 12.1 Å². The summed E-state index contributed by atoms with van der Waals surface area (Å²) >= 11 is 0. The van der Waals surface area contributed by atoms with Gasteiger partial charge in [-0.3, -0.25) is 9.59 Å². The van der Waals surface area contributed by atoms with Gasteiger partial charge in [0.25, 0.3) is 0 Å². The van der Waals surface area contributed by atoms with Crippen LogP contribution in [0.15, 0.2) is 30.3 Å². The first kappa shape index (κ1) is 17.0. The largest absolute Gasteiger partial charge is 0.497 e. The fourth-order valence-electron chi connectivity index (χ4n) is 2.70. The summed E-state index contributed by atoms with van der Waals surface area (Å²) in [6.45, 7) is 2.21. The molecule has 0 aliphatic carbocycles. The molecule has 0 radical (unpaired) electrons. The molecule has 1 aromatic rings. The minimum Gasteiger partial charge on any atom is -0.497 e. The van der Waals surface area contributed by atoms with Gasteiger partial charge in [-0.05, 0) is 30.2 Å². The summed E-state index contributed by atoms with van der Waals surface area (Å²) in [5.74, 6) is -0.0302. The van der Waals surface area contributed by atoms with Gasteiger partial charge in [-0.15, -0.1) is 0 Å². The molecule has 1 aliphatic heterocycles. The lowest BCUT2D eigenvalue weighted by Crippen LogP contribution is -2.43. The van der Waals surface area contributed by atoms with Crippen LogP contribution in [-0.2, 0) is 14.3 Å². The van der Waals surface area contributed by atoms with E-state index in [1.54, 1.807) is 14.2 Å². The highest BCUT2D eigenvalue weighted by Crippen LogP contribution is 2.23. The van der Waals surface area contributed by atoms with E-state index >= 15 is 0 Å². The first-order valence-corrected chi connectivity index (χ1v) is 7.41. The zero-order valence-electron chi connectivity index (χ0n) is 13.6. The Bertz CT molecular complexity index is 627. The SMILES string of the molecule is COc1cccc(/C(C)=C/C(=O)N2C[C@@H](OC)C[C@H]2C(N)=O)c1. The van der Waals surface area contributed by atoms with Crippen molar-refractivity contribution >= 4 is 17.4 Å². The molecule has 2 atom stereocenters. The van der Waals surface area contributed by atoms with Crippen molar-refractivity contribution in [1.29, 1.82) is 0 Å². The molecule has 0 saturated carbocycles. The molecule has 1 heterocycles. The van der Waals surface area contributed by atoms with E-state index in [2.05, 4.69) is 0 Å². The first-order chi connectivity index (χ1) is 11.0. The van der Waals surface area contributed by atoms with Crippen LogP contribution in [0.25, 0.3) is 5.57 Å². The molecule has 1 fully saturated rings. The number of hydrogen-bond donors (Lipinski definition) is 1. The molecule has 6 heteroatoms. The lowest BCUT2D eigenvalue weighted by atomic mass is 10.1. The number of benzene rings is 1. The van der Waals surface area contributed by atoms with Gasteiger partial charge < -0.3 is 20.1 Å². The number of carbonyl (C=O) groups excluding carboxylic acids is 2. The van der Waals surface area contributed by atoms with Crippen molar-refractivity contribution in [3.8, 4) is 5.75 Å². The summed E-state index contributed by atoms with van der Waals surface area (Å²) in [6.07, 6.45) is 1.79. The maximum absolute atomic E-state index is 12.5. The molecule has 1 aliphatic rings. The van der Waals surface area contributed by atoms with Gasteiger partial charge in [-0.25, -0.2) is 0 Å². The van der Waals surface area contributed by atoms with Crippen molar-refractivity contribution in [2.75, 3.05) is 20.8 Å². The summed E-state index contributed by atoms with van der Waals surface area (Å²) in [5, 5.41) is 0. The Hall–Kier alpha value is -2.34. The topological polar surface area (TPSA) is 81.9 Å². The minimum atomic E-state index is -0.623. The zero-order chi connectivity index (χ0) is 17.0. The molecule has 1 saturated heterocycles. The minimum absolute atomic E-state index is 0.165. The van der Waals surface area contributed by atoms with Crippen LogP contribution in [0.4, 0.5) is 0 Å². The first-order valence-electron chi connectivity index (χ1n) is 7.41. The van der Waals surface area contributed by atoms with Crippen LogP contribution in [0.3, 0.4) is 0 Å². The van der Waals surface area contributed by atoms with E-state index in [1.165, 1.54) is 11.0 Å². The van der Waals surface area contributed by atoms with Crippen LogP contribution < -0.4 is 10.5 Å². The van der Waals surface area contributed by atoms with Crippen LogP contribution in [0.2, 0.25) is 0 Å². The maximum Gasteiger partial charge on any atom is 0.247 e. The van der Waals surface area contributed by atoms with E-state index in [4.69, 9.17) is 15.2 Å². The Morgan fingerprint density at radius 3 is 2.70 bits per heavy atom. The normalized spacial score (nSPS) is 21.3. The number of carbonyl (C=O) groups is 2. The van der Waals surface area contributed by atoms with Crippen LogP contribution in [0.1, 0.15) is 18.9 Å². The second kappa shape index (κ2) is 7.28. The molecule has 0 unspecified atom stereocenters. The number of rotatable bonds is 5. The fourth-order valence-corrected chi connectivity index (χ4v) is 2.70. The smallest absolute Gasteiger partial charge is 0.247 e. The van der Waals surface area contributed by atoms with Gasteiger partial charge in [0.1, 0.15) is 11.8 Å². The highest BCUT2D eigenvalue weighted by atomic mass is 16.5. The Morgan fingerprint density at radius 1 is 1.35 bits per heavy atom. The molecule has 2 N–H and O–H groups in total. The fraction of sp³-hybridized carbons (Fsp3) is 0.412. The molecule has 0 spiro atoms. The summed E-state index contributed by atoms with van der Waals surface area (Å²) in [4.78, 5) is 25.5. The maximum atomic E-state index is 12.5. The zero-order valence-corrected chi connectivity index (χ0v) is 13.6. The van der Waals surface area contributed by atoms with Crippen LogP contribution >= 0.6 is 0 Å². The highest BCUT2D eigenvalue weighted by Gasteiger charge is 2.37. The summed E-state index contributed by atoms with van der Waals surface area (Å²) in [5.41, 5.74) is 7.07. The third kappa shape index (κ3) is 3.90. The Balaban J connectivity index is 2.19. The average Bonchev–Trinajstić information content (AvgIpc) is 2.99. The van der Waals surface area contributed by atoms with E-state index in [9.17, 15) is 9.59 Å². The average molecular weight is 318 g/mol. The van der Waals surface area contributed by atoms with Crippen molar-refractivity contribution in [2.24, 2.45) is 5.73 Å². The Morgan fingerprint density at radius 2 is 2.09 bits per heavy atom. The molecule has 6 nitrogen and oxygen atoms in total. The predicted octanol–water partition coefficient (Wildman–Crippen LogP) is 1.20. The predicted molar refractivity (Wildman–Crippen MR) is 86.8 cm³/mol. The van der Waals surface area contributed by atoms with Gasteiger partial charge in [0, 0.05) is 26.2 Å². The van der Waals surface area contributed by atoms with Gasteiger partial charge >= 0.3 is 0 Å². The Labute approximate surface area is 135 Å². The number of likely N-dealkylation sites (tertiary alicyclic amines) is 1. The van der Waals surface area contributed by atoms with E-state index in [0.717, 1.165) is 16.9 Å². The van der Waals surface area contributed by atoms with Gasteiger partial charge in [0.2, 0.25) is 11.8 Å². The lowest BCUT2D eigenvalue weighted by Gasteiger charge is -2.20. The molecule has 2 amide bonds. The summed E-state index contributed by atoms with van der Waals surface area (Å²) in [6, 6.07) is 6.83. The number of allylic oxidation sites excluding steroid dienone is 1. The number of amides is 2. The number of primary amides is 1. The second-order valence-electron chi connectivity index (χ2n) is 5.56. The van der Waals surface area contributed by atoms with Crippen LogP contribution in [0.5, 0.6) is 5.75 Å². The van der Waals surface area contributed by atoms with E-state index in [-0.39, 0.29) is 12.0 Å². The Kier molecular flexibility index (Phi) is 5.39. The summed E-state index contributed by atoms with van der Waals surface area (Å²) in [7, 11) is 3.16. The monoisotopic (exact) mass is 318 g/mol. The number of methoxy groups -OCH3 is 2. The molecule has 2 rings (SSSR count). The number of ether oxygens (including phenoxy) is 2. The lowest BCUT2D eigenvalue weighted by molar-refractivity contribution is -0.133. The molecular formula is C17H22N2O4. The molecule has 23 heavy (non-hydrogen) atoms. The van der Waals surface area contributed by atoms with E-state index in [1.807, 2.05) is 31.2 Å². The highest BCUT2D eigenvalue weighted by molar-refractivity contribution is 5.98. The van der Waals surface area contributed by atoms with Crippen molar-refractivity contribution in [1.82, 2.24) is 4.90 Å². The van der Waals surface area contributed by atoms with Gasteiger partial charge in [0.05, 0.1) is 13.2 Å². The third-order valence-corrected chi connectivity index (χ3v) is 4.07. The number of nitrogens with two attached hydrogens (primary N) is 1. The number of nitrogens with zero attached hydrogens (tertiary/aromatic N) is 1. The second-order valence-corrected chi connectivity index (χ2v) is 5.56. The van der Waals surface area contributed by atoms with Gasteiger partial charge in [-0.2, -0.15) is 0 Å². The van der Waals surface area contributed by atoms with E-state index < -0.39 is 11.9 Å². The summed E-state index contributed by atoms with van der Waals surface area (Å²) < 4.78 is 10.4. The molecule has 124 valence electrons. The van der Waals surface area contributed by atoms with Crippen molar-refractivity contribution in [2.45, 2.75) is 25.5 Å². The van der Waals surface area contributed by atoms with Crippen molar-refractivity contribution in [3.63, 3.8) is 0 Å².